The summed E-state index contributed by atoms with van der Waals surface area (Å²) >= 11 is 0. The van der Waals surface area contributed by atoms with Crippen LogP contribution in [0.25, 0.3) is 0 Å². The first-order chi connectivity index (χ1) is 12.0. The molecule has 2 rings (SSSR count). The second kappa shape index (κ2) is 9.04. The lowest BCUT2D eigenvalue weighted by molar-refractivity contribution is 0.289. The largest absolute Gasteiger partial charge is 0.407 e. The molecule has 0 fully saturated rings. The molecule has 0 unspecified atom stereocenters. The van der Waals surface area contributed by atoms with Crippen molar-refractivity contribution in [3.05, 3.63) is 60.7 Å². The molecular formula is C23H30OSi. The molecule has 0 spiro atoms. The molecular weight excluding hydrogens is 320 g/mol. The predicted molar refractivity (Wildman–Crippen MR) is 111 cm³/mol. The summed E-state index contributed by atoms with van der Waals surface area (Å²) in [6.07, 6.45) is 3.11. The van der Waals surface area contributed by atoms with Gasteiger partial charge >= 0.3 is 0 Å². The molecule has 25 heavy (non-hydrogen) atoms. The first kappa shape index (κ1) is 19.5. The van der Waals surface area contributed by atoms with Crippen LogP contribution in [0.4, 0.5) is 0 Å². The number of rotatable bonds is 7. The minimum Gasteiger partial charge on any atom is -0.407 e. The van der Waals surface area contributed by atoms with Crippen molar-refractivity contribution >= 4 is 18.7 Å². The third-order valence-electron chi connectivity index (χ3n) is 4.61. The Hall–Kier alpha value is -1.82. The van der Waals surface area contributed by atoms with E-state index in [9.17, 15) is 0 Å². The Morgan fingerprint density at radius 1 is 0.840 bits per heavy atom. The third kappa shape index (κ3) is 4.63. The third-order valence-corrected chi connectivity index (χ3v) is 9.65. The maximum absolute atomic E-state index is 6.84. The van der Waals surface area contributed by atoms with E-state index in [1.165, 1.54) is 10.4 Å². The molecule has 0 atom stereocenters. The predicted octanol–water partition coefficient (Wildman–Crippen LogP) is 4.76. The van der Waals surface area contributed by atoms with Crippen LogP contribution in [-0.4, -0.2) is 14.9 Å². The molecule has 2 aromatic rings. The van der Waals surface area contributed by atoms with Crippen LogP contribution in [0.3, 0.4) is 0 Å². The summed E-state index contributed by atoms with van der Waals surface area (Å²) in [4.78, 5) is 0. The van der Waals surface area contributed by atoms with Crippen molar-refractivity contribution in [2.45, 2.75) is 52.0 Å². The summed E-state index contributed by atoms with van der Waals surface area (Å²) in [7, 11) is -2.35. The minimum atomic E-state index is -2.35. The van der Waals surface area contributed by atoms with E-state index >= 15 is 0 Å². The SMILES string of the molecule is CC#CCCCCO[Si](c1ccccc1)(c1ccccc1)C(C)(C)C. The lowest BCUT2D eigenvalue weighted by Crippen LogP contribution is -2.66. The van der Waals surface area contributed by atoms with Crippen molar-refractivity contribution in [2.24, 2.45) is 0 Å². The highest BCUT2D eigenvalue weighted by Gasteiger charge is 2.49. The van der Waals surface area contributed by atoms with Gasteiger partial charge in [-0.25, -0.2) is 0 Å². The molecule has 0 saturated carbocycles. The van der Waals surface area contributed by atoms with E-state index in [4.69, 9.17) is 4.43 Å². The van der Waals surface area contributed by atoms with Crippen molar-refractivity contribution < 1.29 is 4.43 Å². The van der Waals surface area contributed by atoms with Gasteiger partial charge in [-0.2, -0.15) is 0 Å². The fourth-order valence-corrected chi connectivity index (χ4v) is 8.03. The lowest BCUT2D eigenvalue weighted by Gasteiger charge is -2.43. The van der Waals surface area contributed by atoms with Gasteiger partial charge in [0.2, 0.25) is 0 Å². The monoisotopic (exact) mass is 350 g/mol. The van der Waals surface area contributed by atoms with Crippen LogP contribution < -0.4 is 10.4 Å². The first-order valence-electron chi connectivity index (χ1n) is 9.17. The zero-order valence-corrected chi connectivity index (χ0v) is 17.0. The van der Waals surface area contributed by atoms with Crippen molar-refractivity contribution in [2.75, 3.05) is 6.61 Å². The summed E-state index contributed by atoms with van der Waals surface area (Å²) in [5.41, 5.74) is 0. The Bertz CT molecular complexity index is 650. The summed E-state index contributed by atoms with van der Waals surface area (Å²) in [5.74, 6) is 6.11. The molecule has 1 nitrogen and oxygen atoms in total. The average molecular weight is 351 g/mol. The maximum atomic E-state index is 6.84. The Morgan fingerprint density at radius 3 is 1.80 bits per heavy atom. The van der Waals surface area contributed by atoms with Gasteiger partial charge in [-0.3, -0.25) is 0 Å². The van der Waals surface area contributed by atoms with Crippen LogP contribution in [0.1, 0.15) is 47.0 Å². The normalized spacial score (nSPS) is 11.7. The highest BCUT2D eigenvalue weighted by molar-refractivity contribution is 6.99. The molecule has 2 aromatic carbocycles. The van der Waals surface area contributed by atoms with Crippen molar-refractivity contribution in [1.29, 1.82) is 0 Å². The topological polar surface area (TPSA) is 9.23 Å². The van der Waals surface area contributed by atoms with Crippen LogP contribution in [0.2, 0.25) is 5.04 Å². The summed E-state index contributed by atoms with van der Waals surface area (Å²) in [6, 6.07) is 21.7. The lowest BCUT2D eigenvalue weighted by atomic mass is 10.2. The van der Waals surface area contributed by atoms with Gasteiger partial charge in [0.15, 0.2) is 0 Å². The zero-order valence-electron chi connectivity index (χ0n) is 16.0. The van der Waals surface area contributed by atoms with E-state index < -0.39 is 8.32 Å². The van der Waals surface area contributed by atoms with Crippen LogP contribution in [0, 0.1) is 11.8 Å². The molecule has 132 valence electrons. The van der Waals surface area contributed by atoms with Crippen molar-refractivity contribution in [3.63, 3.8) is 0 Å². The smallest absolute Gasteiger partial charge is 0.261 e. The Labute approximate surface area is 154 Å². The second-order valence-electron chi connectivity index (χ2n) is 7.40. The van der Waals surface area contributed by atoms with Crippen molar-refractivity contribution in [1.82, 2.24) is 0 Å². The van der Waals surface area contributed by atoms with Gasteiger partial charge in [0.25, 0.3) is 8.32 Å². The fraction of sp³-hybridized carbons (Fsp3) is 0.391. The highest BCUT2D eigenvalue weighted by Crippen LogP contribution is 2.36. The van der Waals surface area contributed by atoms with Gasteiger partial charge in [0.05, 0.1) is 0 Å². The van der Waals surface area contributed by atoms with E-state index in [0.29, 0.717) is 0 Å². The summed E-state index contributed by atoms with van der Waals surface area (Å²) in [6.45, 7) is 9.66. The van der Waals surface area contributed by atoms with E-state index in [0.717, 1.165) is 25.9 Å². The maximum Gasteiger partial charge on any atom is 0.261 e. The molecule has 0 amide bonds. The molecule has 0 aliphatic heterocycles. The summed E-state index contributed by atoms with van der Waals surface area (Å²) in [5, 5.41) is 2.75. The quantitative estimate of drug-likeness (QED) is 0.397. The molecule has 0 radical (unpaired) electrons. The molecule has 0 saturated heterocycles. The van der Waals surface area contributed by atoms with Crippen molar-refractivity contribution in [3.8, 4) is 11.8 Å². The van der Waals surface area contributed by atoms with Crippen LogP contribution in [-0.2, 0) is 4.43 Å². The van der Waals surface area contributed by atoms with E-state index in [1.807, 2.05) is 6.92 Å². The van der Waals surface area contributed by atoms with Gasteiger partial charge in [0.1, 0.15) is 0 Å². The molecule has 0 aliphatic rings. The van der Waals surface area contributed by atoms with Crippen LogP contribution >= 0.6 is 0 Å². The highest BCUT2D eigenvalue weighted by atomic mass is 28.4. The number of hydrogen-bond donors (Lipinski definition) is 0. The standard InChI is InChI=1S/C23H30OSi/c1-5-6-7-8-15-20-24-25(23(2,3)4,21-16-11-9-12-17-21)22-18-13-10-14-19-22/h9-14,16-19H,7-8,15,20H2,1-4H3. The van der Waals surface area contributed by atoms with Crippen LogP contribution in [0.15, 0.2) is 60.7 Å². The van der Waals surface area contributed by atoms with Gasteiger partial charge in [0, 0.05) is 13.0 Å². The number of hydrogen-bond acceptors (Lipinski definition) is 1. The van der Waals surface area contributed by atoms with E-state index in [1.54, 1.807) is 0 Å². The molecule has 0 N–H and O–H groups in total. The van der Waals surface area contributed by atoms with E-state index in [-0.39, 0.29) is 5.04 Å². The average Bonchev–Trinajstić information content (AvgIpc) is 2.62. The Balaban J connectivity index is 2.37. The first-order valence-corrected chi connectivity index (χ1v) is 11.1. The zero-order chi connectivity index (χ0) is 18.2. The summed E-state index contributed by atoms with van der Waals surface area (Å²) < 4.78 is 6.84. The number of unbranched alkanes of at least 4 members (excludes halogenated alkanes) is 2. The van der Waals surface area contributed by atoms with E-state index in [2.05, 4.69) is 93.3 Å². The van der Waals surface area contributed by atoms with Gasteiger partial charge < -0.3 is 4.43 Å². The molecule has 0 bridgehead atoms. The second-order valence-corrected chi connectivity index (χ2v) is 11.7. The van der Waals surface area contributed by atoms with Gasteiger partial charge in [-0.1, -0.05) is 81.4 Å². The Morgan fingerprint density at radius 2 is 1.36 bits per heavy atom. The van der Waals surface area contributed by atoms with Crippen LogP contribution in [0.5, 0.6) is 0 Å². The fourth-order valence-electron chi connectivity index (χ4n) is 3.43. The number of benzene rings is 2. The Kier molecular flexibility index (Phi) is 7.05. The van der Waals surface area contributed by atoms with Gasteiger partial charge in [-0.05, 0) is 35.2 Å². The molecule has 0 aliphatic carbocycles. The molecule has 0 heterocycles. The molecule has 0 aromatic heterocycles. The van der Waals surface area contributed by atoms with Gasteiger partial charge in [-0.15, -0.1) is 11.8 Å². The molecule has 2 heteroatoms. The minimum absolute atomic E-state index is 0.0545.